The van der Waals surface area contributed by atoms with Gasteiger partial charge in [-0.05, 0) is 19.8 Å². The topological polar surface area (TPSA) is 32.8 Å². The lowest BCUT2D eigenvalue weighted by Gasteiger charge is -2.32. The molecule has 17 heavy (non-hydrogen) atoms. The van der Waals surface area contributed by atoms with Crippen molar-refractivity contribution in [3.05, 3.63) is 0 Å². The summed E-state index contributed by atoms with van der Waals surface area (Å²) >= 11 is 0. The van der Waals surface area contributed by atoms with Crippen molar-refractivity contribution in [2.24, 2.45) is 0 Å². The van der Waals surface area contributed by atoms with E-state index in [1.165, 1.54) is 25.7 Å². The maximum absolute atomic E-state index is 12.2. The molecule has 0 saturated carbocycles. The zero-order valence-corrected chi connectivity index (χ0v) is 10.9. The van der Waals surface area contributed by atoms with Gasteiger partial charge in [0.1, 0.15) is 0 Å². The number of rotatable bonds is 2. The van der Waals surface area contributed by atoms with Gasteiger partial charge in [-0.3, -0.25) is 9.69 Å². The summed E-state index contributed by atoms with van der Waals surface area (Å²) < 4.78 is 5.49. The van der Waals surface area contributed by atoms with Gasteiger partial charge in [-0.2, -0.15) is 0 Å². The molecule has 1 atom stereocenters. The fraction of sp³-hybridized carbons (Fsp3) is 0.923. The smallest absolute Gasteiger partial charge is 0.236 e. The summed E-state index contributed by atoms with van der Waals surface area (Å²) in [5.41, 5.74) is 0. The van der Waals surface area contributed by atoms with Crippen LogP contribution in [0.1, 0.15) is 32.6 Å². The van der Waals surface area contributed by atoms with E-state index >= 15 is 0 Å². The van der Waals surface area contributed by atoms with Crippen LogP contribution in [0.25, 0.3) is 0 Å². The van der Waals surface area contributed by atoms with E-state index in [0.29, 0.717) is 12.5 Å². The second-order valence-electron chi connectivity index (χ2n) is 5.21. The van der Waals surface area contributed by atoms with E-state index < -0.39 is 0 Å². The van der Waals surface area contributed by atoms with Crippen molar-refractivity contribution in [2.75, 3.05) is 39.3 Å². The SMILES string of the molecule is CC1CN(CC(=O)N2CCCCCC2)CCO1. The molecule has 2 saturated heterocycles. The highest BCUT2D eigenvalue weighted by atomic mass is 16.5. The third kappa shape index (κ3) is 3.96. The van der Waals surface area contributed by atoms with Gasteiger partial charge < -0.3 is 9.64 Å². The highest BCUT2D eigenvalue weighted by Gasteiger charge is 2.22. The first-order valence-electron chi connectivity index (χ1n) is 6.87. The minimum Gasteiger partial charge on any atom is -0.376 e. The largest absolute Gasteiger partial charge is 0.376 e. The number of ether oxygens (including phenoxy) is 1. The molecule has 4 nitrogen and oxygen atoms in total. The number of carbonyl (C=O) groups excluding carboxylic acids is 1. The Balaban J connectivity index is 1.78. The van der Waals surface area contributed by atoms with Crippen LogP contribution in [0.2, 0.25) is 0 Å². The fourth-order valence-corrected chi connectivity index (χ4v) is 2.65. The molecule has 0 radical (unpaired) electrons. The number of carbonyl (C=O) groups is 1. The van der Waals surface area contributed by atoms with Gasteiger partial charge in [-0.15, -0.1) is 0 Å². The minimum absolute atomic E-state index is 0.265. The summed E-state index contributed by atoms with van der Waals surface area (Å²) in [4.78, 5) is 16.4. The number of likely N-dealkylation sites (tertiary alicyclic amines) is 1. The lowest BCUT2D eigenvalue weighted by molar-refractivity contribution is -0.134. The highest BCUT2D eigenvalue weighted by Crippen LogP contribution is 2.11. The first kappa shape index (κ1) is 12.8. The second-order valence-corrected chi connectivity index (χ2v) is 5.21. The molecular weight excluding hydrogens is 216 g/mol. The zero-order valence-electron chi connectivity index (χ0n) is 10.9. The first-order chi connectivity index (χ1) is 8.25. The predicted molar refractivity (Wildman–Crippen MR) is 66.9 cm³/mol. The summed E-state index contributed by atoms with van der Waals surface area (Å²) in [5.74, 6) is 0.306. The van der Waals surface area contributed by atoms with Crippen molar-refractivity contribution in [2.45, 2.75) is 38.7 Å². The van der Waals surface area contributed by atoms with Gasteiger partial charge in [-0.1, -0.05) is 12.8 Å². The molecular formula is C13H24N2O2. The summed E-state index contributed by atoms with van der Waals surface area (Å²) in [7, 11) is 0. The van der Waals surface area contributed by atoms with Crippen molar-refractivity contribution in [1.82, 2.24) is 9.80 Å². The molecule has 0 aromatic heterocycles. The molecule has 2 aliphatic heterocycles. The first-order valence-corrected chi connectivity index (χ1v) is 6.87. The van der Waals surface area contributed by atoms with E-state index in [1.54, 1.807) is 0 Å². The molecule has 2 rings (SSSR count). The van der Waals surface area contributed by atoms with Crippen LogP contribution in [0.4, 0.5) is 0 Å². The van der Waals surface area contributed by atoms with Crippen LogP contribution in [-0.4, -0.2) is 61.1 Å². The van der Waals surface area contributed by atoms with Crippen molar-refractivity contribution in [1.29, 1.82) is 0 Å². The van der Waals surface area contributed by atoms with Gasteiger partial charge in [0.15, 0.2) is 0 Å². The Labute approximate surface area is 104 Å². The Morgan fingerprint density at radius 1 is 1.18 bits per heavy atom. The van der Waals surface area contributed by atoms with Crippen LogP contribution in [0, 0.1) is 0 Å². The van der Waals surface area contributed by atoms with E-state index in [2.05, 4.69) is 11.8 Å². The Bertz CT molecular complexity index is 250. The second kappa shape index (κ2) is 6.36. The third-order valence-electron chi connectivity index (χ3n) is 3.64. The molecule has 98 valence electrons. The molecule has 2 aliphatic rings. The number of amides is 1. The molecule has 1 amide bonds. The third-order valence-corrected chi connectivity index (χ3v) is 3.64. The molecule has 2 fully saturated rings. The maximum atomic E-state index is 12.2. The molecule has 0 bridgehead atoms. The quantitative estimate of drug-likeness (QED) is 0.725. The van der Waals surface area contributed by atoms with Crippen molar-refractivity contribution in [3.8, 4) is 0 Å². The summed E-state index contributed by atoms with van der Waals surface area (Å²) in [6.45, 7) is 7.10. The Kier molecular flexibility index (Phi) is 4.80. The van der Waals surface area contributed by atoms with E-state index in [4.69, 9.17) is 4.74 Å². The average Bonchev–Trinajstić information content (AvgIpc) is 2.57. The van der Waals surface area contributed by atoms with Gasteiger partial charge >= 0.3 is 0 Å². The van der Waals surface area contributed by atoms with Crippen LogP contribution in [-0.2, 0) is 9.53 Å². The number of nitrogens with zero attached hydrogens (tertiary/aromatic N) is 2. The molecule has 0 aliphatic carbocycles. The molecule has 1 unspecified atom stereocenters. The van der Waals surface area contributed by atoms with Gasteiger partial charge in [0.25, 0.3) is 0 Å². The van der Waals surface area contributed by atoms with Gasteiger partial charge in [0.2, 0.25) is 5.91 Å². The Morgan fingerprint density at radius 3 is 2.53 bits per heavy atom. The number of morpholine rings is 1. The number of hydrogen-bond donors (Lipinski definition) is 0. The monoisotopic (exact) mass is 240 g/mol. The van der Waals surface area contributed by atoms with Crippen LogP contribution >= 0.6 is 0 Å². The zero-order chi connectivity index (χ0) is 12.1. The van der Waals surface area contributed by atoms with Crippen molar-refractivity contribution < 1.29 is 9.53 Å². The van der Waals surface area contributed by atoms with Gasteiger partial charge in [0.05, 0.1) is 19.3 Å². The average molecular weight is 240 g/mol. The lowest BCUT2D eigenvalue weighted by Crippen LogP contribution is -2.47. The number of hydrogen-bond acceptors (Lipinski definition) is 3. The minimum atomic E-state index is 0.265. The van der Waals surface area contributed by atoms with Crippen molar-refractivity contribution in [3.63, 3.8) is 0 Å². The van der Waals surface area contributed by atoms with E-state index in [0.717, 1.165) is 32.8 Å². The van der Waals surface area contributed by atoms with Crippen LogP contribution in [0.5, 0.6) is 0 Å². The molecule has 0 aromatic carbocycles. The molecule has 4 heteroatoms. The fourth-order valence-electron chi connectivity index (χ4n) is 2.65. The Morgan fingerprint density at radius 2 is 1.88 bits per heavy atom. The van der Waals surface area contributed by atoms with Gasteiger partial charge in [-0.25, -0.2) is 0 Å². The van der Waals surface area contributed by atoms with Crippen LogP contribution < -0.4 is 0 Å². The van der Waals surface area contributed by atoms with Crippen LogP contribution in [0.15, 0.2) is 0 Å². The Hall–Kier alpha value is -0.610. The molecule has 0 spiro atoms. The molecule has 0 N–H and O–H groups in total. The highest BCUT2D eigenvalue weighted by molar-refractivity contribution is 5.78. The molecule has 0 aromatic rings. The standard InChI is InChI=1S/C13H24N2O2/c1-12-10-14(8-9-17-12)11-13(16)15-6-4-2-3-5-7-15/h12H,2-11H2,1H3. The van der Waals surface area contributed by atoms with Crippen LogP contribution in [0.3, 0.4) is 0 Å². The normalized spacial score (nSPS) is 27.8. The summed E-state index contributed by atoms with van der Waals surface area (Å²) in [6, 6.07) is 0. The van der Waals surface area contributed by atoms with Crippen molar-refractivity contribution >= 4 is 5.91 Å². The predicted octanol–water partition coefficient (Wildman–Crippen LogP) is 1.11. The maximum Gasteiger partial charge on any atom is 0.236 e. The van der Waals surface area contributed by atoms with E-state index in [1.807, 2.05) is 4.90 Å². The van der Waals surface area contributed by atoms with Gasteiger partial charge in [0, 0.05) is 26.2 Å². The summed E-state index contributed by atoms with van der Waals surface area (Å²) in [5, 5.41) is 0. The van der Waals surface area contributed by atoms with E-state index in [9.17, 15) is 4.79 Å². The van der Waals surface area contributed by atoms with E-state index in [-0.39, 0.29) is 6.10 Å². The summed E-state index contributed by atoms with van der Waals surface area (Å²) in [6.07, 6.45) is 5.16. The molecule has 2 heterocycles. The lowest BCUT2D eigenvalue weighted by atomic mass is 10.2.